The molecule has 0 saturated carbocycles. The zero-order valence-electron chi connectivity index (χ0n) is 70.1. The largest absolute Gasteiger partial charge is 0.477 e. The number of carboxylic acids is 1. The summed E-state index contributed by atoms with van der Waals surface area (Å²) < 4.78 is 215. The fourth-order valence-electron chi connectivity index (χ4n) is 16.1. The van der Waals surface area contributed by atoms with E-state index in [0.717, 1.165) is 27.7 Å². The van der Waals surface area contributed by atoms with Crippen LogP contribution in [0.2, 0.25) is 0 Å². The number of carbonyl (C=O) groups is 6. The quantitative estimate of drug-likeness (QED) is 0.0253. The second kappa shape index (κ2) is 47.6. The molecule has 9 saturated heterocycles. The van der Waals surface area contributed by atoms with E-state index in [1.807, 2.05) is 5.32 Å². The molecule has 5 amide bonds. The molecule has 0 unspecified atom stereocenters. The predicted octanol–water partition coefficient (Wildman–Crippen LogP) is -22.2. The number of nitrogens with one attached hydrogen (secondary N) is 5. The number of carboxylic acid groups (broad SMARTS) is 1. The molecule has 9 fully saturated rings. The van der Waals surface area contributed by atoms with Crippen molar-refractivity contribution < 1.29 is 283 Å². The van der Waals surface area contributed by atoms with Gasteiger partial charge < -0.3 is 230 Å². The molecule has 0 spiro atoms. The normalized spacial score (nSPS) is 43.6. The fraction of sp³-hybridized carbons (Fsp3) is 0.910. The van der Waals surface area contributed by atoms with Crippen LogP contribution in [0, 0.1) is 0 Å². The van der Waals surface area contributed by atoms with Crippen molar-refractivity contribution in [3.05, 3.63) is 0 Å². The highest BCUT2D eigenvalue weighted by Crippen LogP contribution is 2.43. The number of amides is 5. The first-order valence-corrected chi connectivity index (χ1v) is 44.5. The summed E-state index contributed by atoms with van der Waals surface area (Å²) in [5.41, 5.74) is 0. The third-order valence-corrected chi connectivity index (χ3v) is 23.8. The molecule has 9 aliphatic heterocycles. The third kappa shape index (κ3) is 27.2. The van der Waals surface area contributed by atoms with Crippen molar-refractivity contribution in [2.45, 2.75) is 316 Å². The van der Waals surface area contributed by atoms with Crippen molar-refractivity contribution >= 4 is 66.7 Å². The van der Waals surface area contributed by atoms with E-state index in [4.69, 9.17) is 80.5 Å². The van der Waals surface area contributed by atoms with Crippen molar-refractivity contribution in [2.24, 2.45) is 0 Å². The maximum absolute atomic E-state index is 13.3. The van der Waals surface area contributed by atoms with Crippen LogP contribution in [0.1, 0.15) is 34.1 Å². The van der Waals surface area contributed by atoms with Crippen molar-refractivity contribution in [3.63, 3.8) is 0 Å². The summed E-state index contributed by atoms with van der Waals surface area (Å²) in [6.07, 6.45) is -96.2. The average Bonchev–Trinajstić information content (AvgIpc) is 0.759. The second-order valence-corrected chi connectivity index (χ2v) is 35.2. The molecule has 67 heteroatoms. The molecular weight excluding hydrogens is 1910 g/mol. The van der Waals surface area contributed by atoms with Gasteiger partial charge in [-0.25, -0.2) is 17.3 Å². The van der Waals surface area contributed by atoms with Gasteiger partial charge in [0.1, 0.15) is 220 Å². The summed E-state index contributed by atoms with van der Waals surface area (Å²) in [7, 11) is -17.0. The van der Waals surface area contributed by atoms with Crippen LogP contribution in [0.3, 0.4) is 0 Å². The van der Waals surface area contributed by atoms with Gasteiger partial charge in [-0.3, -0.25) is 37.6 Å². The number of hydrogen-bond donors (Lipinski definition) is 32. The van der Waals surface area contributed by atoms with Crippen LogP contribution in [-0.2, 0) is 153 Å². The van der Waals surface area contributed by atoms with Crippen LogP contribution in [0.4, 0.5) is 0 Å². The summed E-state index contributed by atoms with van der Waals surface area (Å²) in [4.78, 5) is 77.2. The molecule has 64 nitrogen and oxygen atoms in total. The number of aliphatic carboxylic acids is 1. The van der Waals surface area contributed by atoms with Crippen molar-refractivity contribution in [3.8, 4) is 0 Å². The lowest BCUT2D eigenvalue weighted by Gasteiger charge is -2.51. The number of ether oxygens (including phenoxy) is 17. The minimum Gasteiger partial charge on any atom is -0.477 e. The van der Waals surface area contributed by atoms with Gasteiger partial charge in [0.25, 0.3) is 5.79 Å². The average molecular weight is 2030 g/mol. The molecule has 0 aromatic rings. The maximum atomic E-state index is 13.3. The molecule has 0 aromatic carbocycles. The molecule has 9 rings (SSSR count). The Hall–Kier alpha value is -5.17. The molecule has 0 aliphatic carbocycles. The molecule has 9 heterocycles. The van der Waals surface area contributed by atoms with Gasteiger partial charge in [0.15, 0.2) is 50.3 Å². The summed E-state index contributed by atoms with van der Waals surface area (Å²) in [6.45, 7) is -10.2. The predicted molar refractivity (Wildman–Crippen MR) is 405 cm³/mol. The van der Waals surface area contributed by atoms with Crippen molar-refractivity contribution in [2.75, 3.05) is 66.1 Å². The Kier molecular flexibility index (Phi) is 39.9. The van der Waals surface area contributed by atoms with Gasteiger partial charge in [0.2, 0.25) is 29.5 Å². The lowest BCUT2D eigenvalue weighted by Crippen LogP contribution is -2.71. The molecule has 0 aromatic heterocycles. The van der Waals surface area contributed by atoms with E-state index in [1.165, 1.54) is 0 Å². The van der Waals surface area contributed by atoms with Crippen LogP contribution < -0.4 is 26.6 Å². The van der Waals surface area contributed by atoms with Crippen LogP contribution in [0.5, 0.6) is 0 Å². The third-order valence-electron chi connectivity index (χ3n) is 22.5. The van der Waals surface area contributed by atoms with E-state index in [0.29, 0.717) is 0 Å². The molecule has 0 radical (unpaired) electrons. The first-order valence-electron chi connectivity index (χ1n) is 40.4. The molecule has 0 bridgehead atoms. The van der Waals surface area contributed by atoms with Gasteiger partial charge >= 0.3 is 37.2 Å². The molecule has 46 atom stereocenters. The first-order chi connectivity index (χ1) is 62.6. The van der Waals surface area contributed by atoms with Gasteiger partial charge in [-0.15, -0.1) is 0 Å². The van der Waals surface area contributed by atoms with Gasteiger partial charge in [-0.1, -0.05) is 0 Å². The minimum absolute atomic E-state index is 0.767. The highest BCUT2D eigenvalue weighted by molar-refractivity contribution is 7.81. The SMILES string of the molecule is CC(=O)N[C@@H]1[C@@H](O[C@@H]2O[C@H](CO)[C@H](O)[C@H](O[C@@H]3O[C@H](COS(=O)(=O)O)[C@@H](O[C@@H]4O[C@H](CO)[C@H](O)[C@H](O[C@@H]5O[C@H](COS(=O)(=O)O)[C@@H](O[C@@H]6O[C@H](CO)[C@H](O)[C@H](O[C@@H]7O[C@H](COS(=O)(=O)O)[C@@H](O[C@@H]8O[C@H](CO)[C@H](O)[C@H](O[C@]9(C(=O)O)C[C@H](O)[C@@H](NC(=O)CO)[C@H]([C@H](O)[C@H](O)CO)O9)[C@H]8O)[C@H](O)[C@H]7NC(C)=O)[C@H]6O)[C@H](O)[C@H]5NC(C)=O)[C@H]4O)[C@H](O)[C@H]3NC(C)=O)[C@H]2O)[C@@H](O)[C@@H](CO)O[C@H]1O. The molecular formula is C67H111N5O59S3. The van der Waals surface area contributed by atoms with E-state index < -0.39 is 421 Å². The Labute approximate surface area is 755 Å². The van der Waals surface area contributed by atoms with Gasteiger partial charge in [0.05, 0.1) is 71.6 Å². The molecule has 32 N–H and O–H groups in total. The Morgan fingerprint density at radius 2 is 0.627 bits per heavy atom. The van der Waals surface area contributed by atoms with E-state index in [9.17, 15) is 190 Å². The lowest BCUT2D eigenvalue weighted by molar-refractivity contribution is -0.391. The standard InChI is InChI=1S/C67H111N5O59S3/c1-16(80)68-32-42(93)49(123-63-46(97)55(39(90)24(9-76)117-63)128-60-34(70-18(3)82)44(95)51(29(122-60)15-114-134(109,110)111)125-65-48(99)57(41(92)26(11-78)119-65)131-67(66(101)102)5-20(84)31(72-30(86)12-79)53(130-67)36(87)21(85)6-73)27(13-112-132(103,104)105)120-59(32)127-54-38(89)23(8-75)116-62(45(54)96)124-50-28(14-113-133(106,107)108)121-61(33(43(50)94)69-17(2)81)129-56-40(91)25(10-77)118-64(47(56)98)126-52-35(71-19(4)83)58(100)115-22(7-74)37(52)88/h20-29,31-65,73-79,84-85,87-100H,5-15H2,1-4H3,(H,68,80)(H,69,81)(H,70,82)(H,71,83)(H,72,86)(H,101,102)(H,103,104,105)(H,106,107,108)(H,109,110,111)/t20-,21+,22+,23+,24+,25+,26+,27+,28+,29+,31+,32+,33+,34+,35+,36+,37-,38-,39-,40-,41-,42+,43+,44+,45+,46+,47+,48+,49+,50+,51+,52+,53+,54-,55-,56-,57-,58+,59-,60-,61-,62-,63-,64-,65-,67-/m0/s1. The number of rotatable bonds is 40. The summed E-state index contributed by atoms with van der Waals surface area (Å²) >= 11 is 0. The van der Waals surface area contributed by atoms with Crippen LogP contribution in [0.15, 0.2) is 0 Å². The Bertz CT molecular complexity index is 4210. The molecule has 134 heavy (non-hydrogen) atoms. The highest BCUT2D eigenvalue weighted by atomic mass is 32.3. The molecule has 9 aliphatic rings. The van der Waals surface area contributed by atoms with E-state index in [2.05, 4.69) is 33.8 Å². The van der Waals surface area contributed by atoms with E-state index >= 15 is 0 Å². The van der Waals surface area contributed by atoms with E-state index in [-0.39, 0.29) is 0 Å². The number of carbonyl (C=O) groups excluding carboxylic acids is 5. The molecule has 776 valence electrons. The monoisotopic (exact) mass is 2030 g/mol. The van der Waals surface area contributed by atoms with Crippen LogP contribution in [0.25, 0.3) is 0 Å². The number of hydrogen-bond acceptors (Lipinski definition) is 55. The summed E-state index contributed by atoms with van der Waals surface area (Å²) in [5.74, 6) is -11.3. The zero-order valence-corrected chi connectivity index (χ0v) is 72.6. The summed E-state index contributed by atoms with van der Waals surface area (Å²) in [5, 5.41) is 280. The van der Waals surface area contributed by atoms with Crippen molar-refractivity contribution in [1.82, 2.24) is 26.6 Å². The Morgan fingerprint density at radius 1 is 0.351 bits per heavy atom. The topological polar surface area (TPSA) is 996 Å². The van der Waals surface area contributed by atoms with Gasteiger partial charge in [-0.2, -0.15) is 25.3 Å². The van der Waals surface area contributed by atoms with Crippen LogP contribution in [-0.4, -0.2) is 545 Å². The zero-order chi connectivity index (χ0) is 99.9. The van der Waals surface area contributed by atoms with Crippen molar-refractivity contribution in [1.29, 1.82) is 0 Å². The Morgan fingerprint density at radius 3 is 0.918 bits per heavy atom. The van der Waals surface area contributed by atoms with E-state index in [1.54, 1.807) is 0 Å². The smallest absolute Gasteiger partial charge is 0.397 e. The highest BCUT2D eigenvalue weighted by Gasteiger charge is 2.64. The Balaban J connectivity index is 0.980. The summed E-state index contributed by atoms with van der Waals surface area (Å²) in [6, 6.07) is -10.4. The van der Waals surface area contributed by atoms with Gasteiger partial charge in [-0.05, 0) is 0 Å². The lowest BCUT2D eigenvalue weighted by atomic mass is 9.88. The maximum Gasteiger partial charge on any atom is 0.397 e. The second-order valence-electron chi connectivity index (χ2n) is 31.9. The first kappa shape index (κ1) is 112. The minimum atomic E-state index is -5.70. The number of aliphatic hydroxyl groups is 23. The van der Waals surface area contributed by atoms with Gasteiger partial charge in [0, 0.05) is 34.1 Å². The fourth-order valence-corrected chi connectivity index (χ4v) is 17.0. The number of aliphatic hydroxyl groups excluding tert-OH is 23. The van der Waals surface area contributed by atoms with Crippen LogP contribution >= 0.6 is 0 Å².